The lowest BCUT2D eigenvalue weighted by atomic mass is 9.97. The molecule has 0 radical (unpaired) electrons. The average molecular weight is 339 g/mol. The highest BCUT2D eigenvalue weighted by Crippen LogP contribution is 2.31. The van der Waals surface area contributed by atoms with Crippen molar-refractivity contribution in [2.75, 3.05) is 13.7 Å². The summed E-state index contributed by atoms with van der Waals surface area (Å²) < 4.78 is 4.29. The highest BCUT2D eigenvalue weighted by atomic mass is 127. The van der Waals surface area contributed by atoms with Gasteiger partial charge in [-0.05, 0) is 18.8 Å². The minimum atomic E-state index is -0.303. The van der Waals surface area contributed by atoms with Gasteiger partial charge in [0.05, 0.1) is 7.11 Å². The summed E-state index contributed by atoms with van der Waals surface area (Å²) in [5.74, 6) is 0.378. The van der Waals surface area contributed by atoms with Gasteiger partial charge >= 0.3 is 5.97 Å². The Bertz CT molecular complexity index is 270. The number of amides is 1. The standard InChI is InChI=1S/C11H18INO3/c1-7-4-3-5-8(7)10(14)13-6-9(12)11(15)16-2/h7-9H,3-6H2,1-2H3,(H,13,14). The average Bonchev–Trinajstić information content (AvgIpc) is 2.70. The molecule has 0 aromatic heterocycles. The number of carbonyl (C=O) groups is 2. The predicted octanol–water partition coefficient (Wildman–Crippen LogP) is 1.52. The van der Waals surface area contributed by atoms with Gasteiger partial charge in [0.2, 0.25) is 5.91 Å². The smallest absolute Gasteiger partial charge is 0.320 e. The van der Waals surface area contributed by atoms with Crippen LogP contribution in [0.15, 0.2) is 0 Å². The summed E-state index contributed by atoms with van der Waals surface area (Å²) in [7, 11) is 1.36. The van der Waals surface area contributed by atoms with Crippen LogP contribution in [-0.4, -0.2) is 29.5 Å². The maximum Gasteiger partial charge on any atom is 0.320 e. The van der Waals surface area contributed by atoms with Crippen LogP contribution in [0.3, 0.4) is 0 Å². The molecule has 3 atom stereocenters. The Morgan fingerprint density at radius 1 is 1.50 bits per heavy atom. The third kappa shape index (κ3) is 3.61. The van der Waals surface area contributed by atoms with Crippen molar-refractivity contribution in [1.29, 1.82) is 0 Å². The lowest BCUT2D eigenvalue weighted by Gasteiger charge is -2.16. The zero-order chi connectivity index (χ0) is 12.1. The lowest BCUT2D eigenvalue weighted by Crippen LogP contribution is -2.38. The molecule has 1 N–H and O–H groups in total. The van der Waals surface area contributed by atoms with Gasteiger partial charge < -0.3 is 10.1 Å². The van der Waals surface area contributed by atoms with Crippen LogP contribution in [-0.2, 0) is 14.3 Å². The fraction of sp³-hybridized carbons (Fsp3) is 0.818. The summed E-state index contributed by atoms with van der Waals surface area (Å²) in [5.41, 5.74) is 0. The summed E-state index contributed by atoms with van der Waals surface area (Å²) in [4.78, 5) is 22.9. The molecule has 1 fully saturated rings. The Hall–Kier alpha value is -0.330. The fourth-order valence-electron chi connectivity index (χ4n) is 2.07. The number of halogens is 1. The maximum absolute atomic E-state index is 11.8. The molecule has 16 heavy (non-hydrogen) atoms. The summed E-state index contributed by atoms with van der Waals surface area (Å²) in [5, 5.41) is 2.82. The Morgan fingerprint density at radius 3 is 2.69 bits per heavy atom. The van der Waals surface area contributed by atoms with Gasteiger partial charge in [0.15, 0.2) is 0 Å². The van der Waals surface area contributed by atoms with E-state index in [-0.39, 0.29) is 21.7 Å². The van der Waals surface area contributed by atoms with E-state index >= 15 is 0 Å². The van der Waals surface area contributed by atoms with Crippen molar-refractivity contribution >= 4 is 34.5 Å². The first-order valence-corrected chi connectivity index (χ1v) is 6.80. The molecule has 0 heterocycles. The Labute approximate surface area is 110 Å². The lowest BCUT2D eigenvalue weighted by molar-refractivity contribution is -0.139. The summed E-state index contributed by atoms with van der Waals surface area (Å²) in [6.07, 6.45) is 3.23. The highest BCUT2D eigenvalue weighted by Gasteiger charge is 2.30. The zero-order valence-electron chi connectivity index (χ0n) is 9.66. The van der Waals surface area contributed by atoms with Crippen molar-refractivity contribution in [3.63, 3.8) is 0 Å². The zero-order valence-corrected chi connectivity index (χ0v) is 11.8. The van der Waals surface area contributed by atoms with E-state index in [1.807, 2.05) is 22.6 Å². The van der Waals surface area contributed by atoms with E-state index in [9.17, 15) is 9.59 Å². The van der Waals surface area contributed by atoms with Gasteiger partial charge in [-0.1, -0.05) is 35.9 Å². The topological polar surface area (TPSA) is 55.4 Å². The maximum atomic E-state index is 11.8. The van der Waals surface area contributed by atoms with Crippen LogP contribution in [0.25, 0.3) is 0 Å². The molecule has 1 amide bonds. The Morgan fingerprint density at radius 2 is 2.19 bits per heavy atom. The largest absolute Gasteiger partial charge is 0.468 e. The summed E-state index contributed by atoms with van der Waals surface area (Å²) >= 11 is 1.98. The Kier molecular flexibility index (Phi) is 5.51. The first-order valence-electron chi connectivity index (χ1n) is 5.56. The van der Waals surface area contributed by atoms with Crippen molar-refractivity contribution < 1.29 is 14.3 Å². The minimum Gasteiger partial charge on any atom is -0.468 e. The van der Waals surface area contributed by atoms with Gasteiger partial charge in [0.1, 0.15) is 3.92 Å². The molecule has 1 saturated carbocycles. The highest BCUT2D eigenvalue weighted by molar-refractivity contribution is 14.1. The van der Waals surface area contributed by atoms with E-state index in [1.165, 1.54) is 7.11 Å². The molecule has 0 aromatic carbocycles. The molecule has 0 bridgehead atoms. The molecule has 1 rings (SSSR count). The molecular formula is C11H18INO3. The SMILES string of the molecule is COC(=O)C(I)CNC(=O)C1CCCC1C. The first-order chi connectivity index (χ1) is 7.56. The molecule has 4 nitrogen and oxygen atoms in total. The number of nitrogens with one attached hydrogen (secondary N) is 1. The van der Waals surface area contributed by atoms with Gasteiger partial charge in [0, 0.05) is 12.5 Å². The molecule has 0 saturated heterocycles. The van der Waals surface area contributed by atoms with Crippen LogP contribution < -0.4 is 5.32 Å². The van der Waals surface area contributed by atoms with Gasteiger partial charge in [0.25, 0.3) is 0 Å². The van der Waals surface area contributed by atoms with Crippen molar-refractivity contribution in [2.24, 2.45) is 11.8 Å². The van der Waals surface area contributed by atoms with Crippen molar-refractivity contribution in [2.45, 2.75) is 30.1 Å². The molecule has 5 heteroatoms. The number of methoxy groups -OCH3 is 1. The minimum absolute atomic E-state index is 0.0792. The number of ether oxygens (including phenoxy) is 1. The van der Waals surface area contributed by atoms with Gasteiger partial charge in [-0.25, -0.2) is 0 Å². The monoisotopic (exact) mass is 339 g/mol. The van der Waals surface area contributed by atoms with Crippen molar-refractivity contribution in [3.05, 3.63) is 0 Å². The number of rotatable bonds is 4. The summed E-state index contributed by atoms with van der Waals surface area (Å²) in [6, 6.07) is 0. The molecule has 1 aliphatic carbocycles. The molecular weight excluding hydrogens is 321 g/mol. The summed E-state index contributed by atoms with van der Waals surface area (Å²) in [6.45, 7) is 2.47. The van der Waals surface area contributed by atoms with Crippen LogP contribution in [0.5, 0.6) is 0 Å². The van der Waals surface area contributed by atoms with E-state index in [0.29, 0.717) is 12.5 Å². The number of alkyl halides is 1. The molecule has 0 aliphatic heterocycles. The number of hydrogen-bond acceptors (Lipinski definition) is 3. The third-order valence-electron chi connectivity index (χ3n) is 3.11. The first kappa shape index (κ1) is 13.7. The van der Waals surface area contributed by atoms with Gasteiger partial charge in [-0.2, -0.15) is 0 Å². The molecule has 1 aliphatic rings. The van der Waals surface area contributed by atoms with Crippen molar-refractivity contribution in [3.8, 4) is 0 Å². The second-order valence-corrected chi connectivity index (χ2v) is 5.75. The third-order valence-corrected chi connectivity index (χ3v) is 4.06. The second-order valence-electron chi connectivity index (χ2n) is 4.25. The van der Waals surface area contributed by atoms with E-state index in [0.717, 1.165) is 19.3 Å². The normalized spacial score (nSPS) is 26.2. The molecule has 0 spiro atoms. The van der Waals surface area contributed by atoms with Gasteiger partial charge in [-0.3, -0.25) is 9.59 Å². The van der Waals surface area contributed by atoms with E-state index < -0.39 is 0 Å². The van der Waals surface area contributed by atoms with E-state index in [2.05, 4.69) is 17.0 Å². The predicted molar refractivity (Wildman–Crippen MR) is 69.3 cm³/mol. The molecule has 92 valence electrons. The molecule has 3 unspecified atom stereocenters. The van der Waals surface area contributed by atoms with Crippen LogP contribution >= 0.6 is 22.6 Å². The quantitative estimate of drug-likeness (QED) is 0.480. The van der Waals surface area contributed by atoms with Gasteiger partial charge in [-0.15, -0.1) is 0 Å². The van der Waals surface area contributed by atoms with Crippen LogP contribution in [0.1, 0.15) is 26.2 Å². The van der Waals surface area contributed by atoms with Crippen LogP contribution in [0.4, 0.5) is 0 Å². The van der Waals surface area contributed by atoms with Crippen LogP contribution in [0, 0.1) is 11.8 Å². The number of hydrogen-bond donors (Lipinski definition) is 1. The van der Waals surface area contributed by atoms with Crippen molar-refractivity contribution in [1.82, 2.24) is 5.32 Å². The van der Waals surface area contributed by atoms with Crippen LogP contribution in [0.2, 0.25) is 0 Å². The second kappa shape index (κ2) is 6.42. The number of esters is 1. The van der Waals surface area contributed by atoms with E-state index in [1.54, 1.807) is 0 Å². The van der Waals surface area contributed by atoms with E-state index in [4.69, 9.17) is 0 Å². The Balaban J connectivity index is 2.32. The molecule has 0 aromatic rings. The fourth-order valence-corrected chi connectivity index (χ4v) is 2.54. The number of carbonyl (C=O) groups excluding carboxylic acids is 2.